The zero-order valence-electron chi connectivity index (χ0n) is 22.9. The number of fused-ring (bicyclic) bond motifs is 1. The van der Waals surface area contributed by atoms with Crippen LogP contribution < -0.4 is 10.6 Å². The zero-order chi connectivity index (χ0) is 30.6. The van der Waals surface area contributed by atoms with Gasteiger partial charge in [-0.25, -0.2) is 31.5 Å². The Morgan fingerprint density at radius 2 is 1.86 bits per heavy atom. The van der Waals surface area contributed by atoms with Crippen molar-refractivity contribution in [3.63, 3.8) is 0 Å². The quantitative estimate of drug-likeness (QED) is 0.296. The number of carbonyl (C=O) groups excluding carboxylic acids is 1. The topological polar surface area (TPSA) is 118 Å². The first-order chi connectivity index (χ1) is 20.5. The van der Waals surface area contributed by atoms with E-state index >= 15 is 0 Å². The summed E-state index contributed by atoms with van der Waals surface area (Å²) in [5.74, 6) is -1.90. The van der Waals surface area contributed by atoms with Crippen LogP contribution in [-0.4, -0.2) is 69.7 Å². The van der Waals surface area contributed by atoms with E-state index in [4.69, 9.17) is 11.6 Å². The largest absolute Gasteiger partial charge is 0.355 e. The Balaban J connectivity index is 1.64. The minimum Gasteiger partial charge on any atom is -0.350 e. The molecule has 1 amide bonds. The number of nitrogens with zero attached hydrogens (tertiary/aromatic N) is 6. The Kier molecular flexibility index (Phi) is 7.25. The number of benzene rings is 1. The molecule has 1 aliphatic heterocycles. The smallest absolute Gasteiger partial charge is 0.350 e. The maximum absolute atomic E-state index is 14.9. The highest BCUT2D eigenvalue weighted by atomic mass is 35.5. The van der Waals surface area contributed by atoms with Gasteiger partial charge in [0.2, 0.25) is 5.91 Å². The molecule has 1 atom stereocenters. The summed E-state index contributed by atoms with van der Waals surface area (Å²) < 4.78 is 57.6. The van der Waals surface area contributed by atoms with Crippen LogP contribution >= 0.6 is 11.6 Å². The Labute approximate surface area is 250 Å². The van der Waals surface area contributed by atoms with Crippen LogP contribution in [0.5, 0.6) is 0 Å². The first kappa shape index (κ1) is 28.9. The second-order valence-electron chi connectivity index (χ2n) is 10.5. The Morgan fingerprint density at radius 1 is 1.14 bits per heavy atom. The number of rotatable bonds is 6. The van der Waals surface area contributed by atoms with Crippen LogP contribution in [0.2, 0.25) is 5.02 Å². The maximum atomic E-state index is 14.9. The second-order valence-corrected chi connectivity index (χ2v) is 13.1. The molecule has 4 aromatic rings. The van der Waals surface area contributed by atoms with E-state index < -0.39 is 38.0 Å². The molecule has 0 radical (unpaired) electrons. The van der Waals surface area contributed by atoms with Crippen molar-refractivity contribution < 1.29 is 22.0 Å². The molecule has 1 aromatic carbocycles. The van der Waals surface area contributed by atoms with Gasteiger partial charge in [0.15, 0.2) is 15.5 Å². The summed E-state index contributed by atoms with van der Waals surface area (Å²) in [6.45, 7) is 6.30. The fraction of sp³-hybridized carbons (Fsp3) is 0.276. The van der Waals surface area contributed by atoms with Crippen molar-refractivity contribution in [1.29, 1.82) is 0 Å². The van der Waals surface area contributed by atoms with Crippen LogP contribution in [0, 0.1) is 11.6 Å². The highest BCUT2D eigenvalue weighted by molar-refractivity contribution is 7.92. The van der Waals surface area contributed by atoms with Gasteiger partial charge in [-0.1, -0.05) is 24.2 Å². The van der Waals surface area contributed by atoms with Crippen LogP contribution in [0.1, 0.15) is 19.8 Å². The molecule has 10 nitrogen and oxygen atoms in total. The predicted octanol–water partition coefficient (Wildman–Crippen LogP) is 3.93. The number of anilines is 1. The second kappa shape index (κ2) is 10.8. The number of aromatic nitrogens is 4. The Bertz CT molecular complexity index is 1960. The number of sulfone groups is 1. The third kappa shape index (κ3) is 4.95. The Hall–Kier alpha value is -4.23. The molecule has 4 heterocycles. The summed E-state index contributed by atoms with van der Waals surface area (Å²) in [5.41, 5.74) is -1.87. The number of halogens is 3. The average molecular weight is 627 g/mol. The highest BCUT2D eigenvalue weighted by Crippen LogP contribution is 2.38. The summed E-state index contributed by atoms with van der Waals surface area (Å²) in [4.78, 5) is 42.3. The molecular weight excluding hydrogens is 602 g/mol. The van der Waals surface area contributed by atoms with Crippen molar-refractivity contribution in [3.05, 3.63) is 82.5 Å². The van der Waals surface area contributed by atoms with Crippen molar-refractivity contribution in [2.24, 2.45) is 0 Å². The molecule has 14 heteroatoms. The van der Waals surface area contributed by atoms with Crippen molar-refractivity contribution in [2.45, 2.75) is 36.0 Å². The molecule has 0 N–H and O–H groups in total. The minimum atomic E-state index is -3.83. The summed E-state index contributed by atoms with van der Waals surface area (Å²) in [6.07, 6.45) is 4.73. The molecule has 43 heavy (non-hydrogen) atoms. The van der Waals surface area contributed by atoms with Crippen molar-refractivity contribution >= 4 is 44.2 Å². The molecule has 222 valence electrons. The van der Waals surface area contributed by atoms with E-state index in [0.717, 1.165) is 16.7 Å². The van der Waals surface area contributed by atoms with Crippen LogP contribution in [0.3, 0.4) is 0 Å². The summed E-state index contributed by atoms with van der Waals surface area (Å²) in [7, 11) is -3.83. The van der Waals surface area contributed by atoms with Gasteiger partial charge in [0.1, 0.15) is 17.5 Å². The Morgan fingerprint density at radius 3 is 2.51 bits per heavy atom. The van der Waals surface area contributed by atoms with Gasteiger partial charge in [-0.3, -0.25) is 9.78 Å². The first-order valence-corrected chi connectivity index (χ1v) is 15.4. The molecule has 2 aliphatic rings. The number of hydrogen-bond acceptors (Lipinski definition) is 8. The summed E-state index contributed by atoms with van der Waals surface area (Å²) in [5, 5.41) is -0.474. The summed E-state index contributed by atoms with van der Waals surface area (Å²) in [6, 6.07) is 5.71. The lowest BCUT2D eigenvalue weighted by atomic mass is 10.1. The molecule has 1 aliphatic carbocycles. The number of piperazine rings is 1. The van der Waals surface area contributed by atoms with E-state index in [2.05, 4.69) is 21.5 Å². The van der Waals surface area contributed by atoms with Gasteiger partial charge in [-0.15, -0.1) is 0 Å². The highest BCUT2D eigenvalue weighted by Gasteiger charge is 2.39. The summed E-state index contributed by atoms with van der Waals surface area (Å²) >= 11 is 6.60. The van der Waals surface area contributed by atoms with Crippen LogP contribution in [0.15, 0.2) is 65.1 Å². The van der Waals surface area contributed by atoms with E-state index in [9.17, 15) is 26.8 Å². The lowest BCUT2D eigenvalue weighted by molar-refractivity contribution is -0.126. The first-order valence-electron chi connectivity index (χ1n) is 13.5. The monoisotopic (exact) mass is 626 g/mol. The molecule has 1 saturated carbocycles. The lowest BCUT2D eigenvalue weighted by Crippen LogP contribution is -2.54. The third-order valence-electron chi connectivity index (χ3n) is 7.66. The molecule has 6 rings (SSSR count). The van der Waals surface area contributed by atoms with Crippen LogP contribution in [-0.2, 0) is 14.6 Å². The zero-order valence-corrected chi connectivity index (χ0v) is 24.4. The van der Waals surface area contributed by atoms with E-state index in [1.807, 2.05) is 11.8 Å². The van der Waals surface area contributed by atoms with Gasteiger partial charge in [0, 0.05) is 31.9 Å². The van der Waals surface area contributed by atoms with Gasteiger partial charge < -0.3 is 9.80 Å². The van der Waals surface area contributed by atoms with Crippen molar-refractivity contribution in [2.75, 3.05) is 24.5 Å². The standard InChI is InChI=1S/C29H25ClF2N6O4S/c1-3-24(39)36-11-12-37(16(2)15-36)27-18-13-19(30)26(25-20(31)5-4-6-21(25)32)34-28(18)38(29(40)35-27)22-14-33-10-9-23(22)43(41,42)17-7-8-17/h3-6,9-10,13-14,16-17H,1,7-8,11-12,15H2,2H3/t16-/m0/s1. The van der Waals surface area contributed by atoms with Gasteiger partial charge in [-0.2, -0.15) is 4.98 Å². The van der Waals surface area contributed by atoms with E-state index in [1.54, 1.807) is 4.90 Å². The van der Waals surface area contributed by atoms with E-state index in [1.165, 1.54) is 36.7 Å². The van der Waals surface area contributed by atoms with Crippen molar-refractivity contribution in [1.82, 2.24) is 24.4 Å². The number of hydrogen-bond donors (Lipinski definition) is 0. The third-order valence-corrected chi connectivity index (χ3v) is 10.3. The van der Waals surface area contributed by atoms with Gasteiger partial charge in [0.25, 0.3) is 0 Å². The molecular formula is C29H25ClF2N6O4S. The predicted molar refractivity (Wildman–Crippen MR) is 157 cm³/mol. The SMILES string of the molecule is C=CC(=O)N1CCN(c2nc(=O)n(-c3cnccc3S(=O)(=O)C3CC3)c3nc(-c4c(F)cccc4F)c(Cl)cc23)[C@@H](C)C1. The van der Waals surface area contributed by atoms with Gasteiger partial charge in [-0.05, 0) is 50.1 Å². The van der Waals surface area contributed by atoms with E-state index in [-0.39, 0.29) is 50.1 Å². The van der Waals surface area contributed by atoms with Gasteiger partial charge >= 0.3 is 5.69 Å². The maximum Gasteiger partial charge on any atom is 0.355 e. The fourth-order valence-corrected chi connectivity index (χ4v) is 7.43. The molecule has 2 fully saturated rings. The van der Waals surface area contributed by atoms with Gasteiger partial charge in [0.05, 0.1) is 43.7 Å². The molecule has 0 spiro atoms. The minimum absolute atomic E-state index is 0.0901. The number of carbonyl (C=O) groups is 1. The molecule has 0 unspecified atom stereocenters. The van der Waals surface area contributed by atoms with Crippen LogP contribution in [0.25, 0.3) is 28.0 Å². The lowest BCUT2D eigenvalue weighted by Gasteiger charge is -2.40. The van der Waals surface area contributed by atoms with E-state index in [0.29, 0.717) is 32.5 Å². The normalized spacial score (nSPS) is 17.3. The average Bonchev–Trinajstić information content (AvgIpc) is 3.84. The molecule has 3 aromatic heterocycles. The molecule has 1 saturated heterocycles. The van der Waals surface area contributed by atoms with Crippen molar-refractivity contribution in [3.8, 4) is 16.9 Å². The number of pyridine rings is 2. The fourth-order valence-electron chi connectivity index (χ4n) is 5.38. The van der Waals surface area contributed by atoms with Crippen LogP contribution in [0.4, 0.5) is 14.6 Å². The number of amides is 1. The molecule has 0 bridgehead atoms.